The Balaban J connectivity index is 2.41. The predicted octanol–water partition coefficient (Wildman–Crippen LogP) is 5.35. The Kier molecular flexibility index (Phi) is 3.23. The van der Waals surface area contributed by atoms with Crippen molar-refractivity contribution in [3.63, 3.8) is 0 Å². The van der Waals surface area contributed by atoms with Crippen LogP contribution in [0.2, 0.25) is 0 Å². The van der Waals surface area contributed by atoms with Gasteiger partial charge in [0.05, 0.1) is 0 Å². The summed E-state index contributed by atoms with van der Waals surface area (Å²) in [4.78, 5) is 0. The molecule has 0 atom stereocenters. The van der Waals surface area contributed by atoms with Gasteiger partial charge in [0, 0.05) is 0 Å². The smallest absolute Gasteiger partial charge is 0.00586 e. The molecule has 0 aliphatic rings. The zero-order valence-electron chi connectivity index (χ0n) is 12.2. The van der Waals surface area contributed by atoms with Crippen LogP contribution in [0.15, 0.2) is 36.4 Å². The predicted molar refractivity (Wildman–Crippen MR) is 79.9 cm³/mol. The Morgan fingerprint density at radius 1 is 0.889 bits per heavy atom. The van der Waals surface area contributed by atoms with Crippen molar-refractivity contribution in [2.45, 2.75) is 46.5 Å². The first kappa shape index (κ1) is 13.1. The van der Waals surface area contributed by atoms with Crippen molar-refractivity contribution in [3.8, 4) is 0 Å². The van der Waals surface area contributed by atoms with Gasteiger partial charge in [-0.3, -0.25) is 0 Å². The van der Waals surface area contributed by atoms with Gasteiger partial charge in [0.2, 0.25) is 0 Å². The first-order valence-corrected chi connectivity index (χ1v) is 6.70. The molecule has 95 valence electrons. The second-order valence-electron chi connectivity index (χ2n) is 7.08. The quantitative estimate of drug-likeness (QED) is 0.662. The van der Waals surface area contributed by atoms with Crippen molar-refractivity contribution in [3.05, 3.63) is 48.0 Å². The van der Waals surface area contributed by atoms with E-state index in [9.17, 15) is 0 Å². The van der Waals surface area contributed by atoms with E-state index in [1.54, 1.807) is 0 Å². The van der Waals surface area contributed by atoms with Crippen molar-refractivity contribution in [1.82, 2.24) is 0 Å². The Bertz CT molecular complexity index is 541. The molecule has 0 aliphatic carbocycles. The molecule has 0 fully saturated rings. The fourth-order valence-electron chi connectivity index (χ4n) is 2.93. The van der Waals surface area contributed by atoms with Crippen LogP contribution in [0.25, 0.3) is 10.8 Å². The SMILES string of the molecule is CC(C)(C)CC(C)(C)c1[c]c2ccccc2cc1. The topological polar surface area (TPSA) is 0 Å². The summed E-state index contributed by atoms with van der Waals surface area (Å²) in [7, 11) is 0. The van der Waals surface area contributed by atoms with Gasteiger partial charge in [0.15, 0.2) is 0 Å². The highest BCUT2D eigenvalue weighted by atomic mass is 14.3. The summed E-state index contributed by atoms with van der Waals surface area (Å²) in [5.41, 5.74) is 1.82. The van der Waals surface area contributed by atoms with E-state index in [0.29, 0.717) is 5.41 Å². The molecular weight excluding hydrogens is 216 g/mol. The van der Waals surface area contributed by atoms with E-state index in [-0.39, 0.29) is 5.41 Å². The molecule has 0 amide bonds. The van der Waals surface area contributed by atoms with E-state index >= 15 is 0 Å². The first-order valence-electron chi connectivity index (χ1n) is 6.70. The van der Waals surface area contributed by atoms with Gasteiger partial charge in [-0.25, -0.2) is 0 Å². The minimum Gasteiger partial charge on any atom is -0.0616 e. The maximum atomic E-state index is 3.59. The molecule has 2 aromatic rings. The third-order valence-corrected chi connectivity index (χ3v) is 3.36. The molecule has 2 aromatic carbocycles. The molecule has 18 heavy (non-hydrogen) atoms. The zero-order valence-corrected chi connectivity index (χ0v) is 12.2. The van der Waals surface area contributed by atoms with E-state index in [1.165, 1.54) is 16.3 Å². The molecule has 0 saturated carbocycles. The fraction of sp³-hybridized carbons (Fsp3) is 0.444. The average Bonchev–Trinajstić information content (AvgIpc) is 2.25. The second-order valence-corrected chi connectivity index (χ2v) is 7.08. The molecule has 0 heteroatoms. The molecule has 0 spiro atoms. The Morgan fingerprint density at radius 2 is 1.56 bits per heavy atom. The summed E-state index contributed by atoms with van der Waals surface area (Å²) in [6.07, 6.45) is 1.16. The zero-order chi connectivity index (χ0) is 13.4. The van der Waals surface area contributed by atoms with Crippen LogP contribution in [-0.2, 0) is 5.41 Å². The summed E-state index contributed by atoms with van der Waals surface area (Å²) >= 11 is 0. The van der Waals surface area contributed by atoms with Crippen molar-refractivity contribution in [1.29, 1.82) is 0 Å². The molecule has 0 nitrogen and oxygen atoms in total. The van der Waals surface area contributed by atoms with Crippen molar-refractivity contribution >= 4 is 10.8 Å². The summed E-state index contributed by atoms with van der Waals surface area (Å²) in [5.74, 6) is 0. The molecule has 1 radical (unpaired) electrons. The summed E-state index contributed by atoms with van der Waals surface area (Å²) in [6.45, 7) is 11.5. The van der Waals surface area contributed by atoms with Crippen molar-refractivity contribution in [2.24, 2.45) is 5.41 Å². The van der Waals surface area contributed by atoms with Gasteiger partial charge in [-0.15, -0.1) is 0 Å². The Labute approximate surface area is 111 Å². The molecule has 0 saturated heterocycles. The van der Waals surface area contributed by atoms with E-state index in [2.05, 4.69) is 77.1 Å². The molecule has 0 unspecified atom stereocenters. The van der Waals surface area contributed by atoms with E-state index in [4.69, 9.17) is 0 Å². The van der Waals surface area contributed by atoms with Crippen LogP contribution in [0.5, 0.6) is 0 Å². The lowest BCUT2D eigenvalue weighted by molar-refractivity contribution is 0.284. The third-order valence-electron chi connectivity index (χ3n) is 3.36. The van der Waals surface area contributed by atoms with Crippen LogP contribution < -0.4 is 0 Å². The monoisotopic (exact) mass is 239 g/mol. The molecule has 0 heterocycles. The van der Waals surface area contributed by atoms with Gasteiger partial charge < -0.3 is 0 Å². The van der Waals surface area contributed by atoms with Gasteiger partial charge >= 0.3 is 0 Å². The van der Waals surface area contributed by atoms with Crippen LogP contribution in [0, 0.1) is 11.5 Å². The summed E-state index contributed by atoms with van der Waals surface area (Å²) in [5, 5.41) is 2.49. The van der Waals surface area contributed by atoms with E-state index in [1.807, 2.05) is 0 Å². The van der Waals surface area contributed by atoms with Gasteiger partial charge in [-0.05, 0) is 39.7 Å². The highest BCUT2D eigenvalue weighted by Gasteiger charge is 2.27. The highest BCUT2D eigenvalue weighted by molar-refractivity contribution is 5.82. The van der Waals surface area contributed by atoms with Gasteiger partial charge in [-0.2, -0.15) is 0 Å². The van der Waals surface area contributed by atoms with Crippen LogP contribution >= 0.6 is 0 Å². The second kappa shape index (κ2) is 4.42. The standard InChI is InChI=1S/C18H23/c1-17(2,3)13-18(4,5)16-11-10-14-8-6-7-9-15(14)12-16/h6-11H,13H2,1-5H3. The van der Waals surface area contributed by atoms with E-state index < -0.39 is 0 Å². The van der Waals surface area contributed by atoms with Crippen LogP contribution in [-0.4, -0.2) is 0 Å². The van der Waals surface area contributed by atoms with Crippen LogP contribution in [0.1, 0.15) is 46.6 Å². The summed E-state index contributed by atoms with van der Waals surface area (Å²) in [6, 6.07) is 16.5. The number of fused-ring (bicyclic) bond motifs is 1. The lowest BCUT2D eigenvalue weighted by Crippen LogP contribution is -2.24. The molecule has 2 rings (SSSR count). The Hall–Kier alpha value is -1.30. The van der Waals surface area contributed by atoms with Gasteiger partial charge in [0.1, 0.15) is 0 Å². The minimum absolute atomic E-state index is 0.169. The fourth-order valence-corrected chi connectivity index (χ4v) is 2.93. The molecule has 0 bridgehead atoms. The number of benzene rings is 2. The van der Waals surface area contributed by atoms with E-state index in [0.717, 1.165) is 6.42 Å². The average molecular weight is 239 g/mol. The Morgan fingerprint density at radius 3 is 2.22 bits per heavy atom. The van der Waals surface area contributed by atoms with Crippen molar-refractivity contribution < 1.29 is 0 Å². The van der Waals surface area contributed by atoms with Crippen LogP contribution in [0.3, 0.4) is 0 Å². The maximum absolute atomic E-state index is 3.59. The number of rotatable bonds is 2. The number of hydrogen-bond donors (Lipinski definition) is 0. The maximum Gasteiger partial charge on any atom is -0.00586 e. The van der Waals surface area contributed by atoms with Crippen molar-refractivity contribution in [2.75, 3.05) is 0 Å². The molecule has 0 N–H and O–H groups in total. The third kappa shape index (κ3) is 2.93. The lowest BCUT2D eigenvalue weighted by Gasteiger charge is -2.33. The lowest BCUT2D eigenvalue weighted by atomic mass is 9.72. The summed E-state index contributed by atoms with van der Waals surface area (Å²) < 4.78 is 0. The largest absolute Gasteiger partial charge is 0.0616 e. The van der Waals surface area contributed by atoms with Gasteiger partial charge in [-0.1, -0.05) is 71.0 Å². The minimum atomic E-state index is 0.169. The first-order chi connectivity index (χ1) is 8.28. The molecule has 0 aliphatic heterocycles. The van der Waals surface area contributed by atoms with Crippen LogP contribution in [0.4, 0.5) is 0 Å². The normalized spacial score (nSPS) is 12.9. The van der Waals surface area contributed by atoms with Gasteiger partial charge in [0.25, 0.3) is 0 Å². The number of hydrogen-bond acceptors (Lipinski definition) is 0. The molecule has 0 aromatic heterocycles. The highest BCUT2D eigenvalue weighted by Crippen LogP contribution is 2.36. The molecular formula is C18H23.